The number of nitrogens with two attached hydrogens (primary N) is 8. The molecule has 0 radical (unpaired) electrons. The van der Waals surface area contributed by atoms with Crippen molar-refractivity contribution in [1.82, 2.24) is 39.3 Å². The van der Waals surface area contributed by atoms with Gasteiger partial charge in [-0.1, -0.05) is 42.3 Å². The highest BCUT2D eigenvalue weighted by Gasteiger charge is 2.33. The maximum atomic E-state index is 13.7. The molecule has 0 bridgehead atoms. The summed E-state index contributed by atoms with van der Waals surface area (Å²) < 4.78 is 17.3. The summed E-state index contributed by atoms with van der Waals surface area (Å²) in [5.41, 5.74) is 59.1. The van der Waals surface area contributed by atoms with Crippen molar-refractivity contribution in [3.05, 3.63) is 205 Å². The lowest BCUT2D eigenvalue weighted by atomic mass is 9.79. The topological polar surface area (TPSA) is 467 Å². The molecule has 4 aromatic carbocycles. The van der Waals surface area contributed by atoms with Gasteiger partial charge in [0.15, 0.2) is 23.7 Å². The number of guanidine groups is 4. The van der Waals surface area contributed by atoms with E-state index >= 15 is 0 Å². The molecule has 1 atom stereocenters. The molecule has 14 rings (SSSR count). The Balaban J connectivity index is 0.000000151. The summed E-state index contributed by atoms with van der Waals surface area (Å²) >= 11 is 6.19. The molecule has 0 unspecified atom stereocenters. The summed E-state index contributed by atoms with van der Waals surface area (Å²) in [6.45, 7) is 11.6. The van der Waals surface area contributed by atoms with E-state index in [1.807, 2.05) is 94.4 Å². The quantitative estimate of drug-likeness (QED) is 0.0222. The fraction of sp³-hybridized carbons (Fsp3) is 0.350. The number of pyridine rings is 2. The molecular weight excluding hydrogens is 1430 g/mol. The van der Waals surface area contributed by atoms with E-state index in [0.29, 0.717) is 88.0 Å². The van der Waals surface area contributed by atoms with E-state index in [0.717, 1.165) is 150 Å². The third kappa shape index (κ3) is 20.8. The number of benzene rings is 4. The Hall–Kier alpha value is -12.2. The number of fused-ring (bicyclic) bond motifs is 3. The molecule has 9 aromatic rings. The Bertz CT molecular complexity index is 5140. The summed E-state index contributed by atoms with van der Waals surface area (Å²) in [6, 6.07) is 28.8. The molecule has 31 heteroatoms. The highest BCUT2D eigenvalue weighted by Crippen LogP contribution is 2.39. The van der Waals surface area contributed by atoms with Crippen molar-refractivity contribution in [1.29, 1.82) is 0 Å². The second-order valence-electron chi connectivity index (χ2n) is 28.4. The van der Waals surface area contributed by atoms with E-state index in [1.54, 1.807) is 65.1 Å². The van der Waals surface area contributed by atoms with Crippen LogP contribution < -0.4 is 61.4 Å². The van der Waals surface area contributed by atoms with Crippen molar-refractivity contribution in [3.63, 3.8) is 0 Å². The summed E-state index contributed by atoms with van der Waals surface area (Å²) in [5, 5.41) is 16.2. The number of ketones is 1. The lowest BCUT2D eigenvalue weighted by Gasteiger charge is -2.34. The maximum Gasteiger partial charge on any atom is 0.296 e. The largest absolute Gasteiger partial charge is 0.370 e. The molecule has 5 aliphatic rings. The first-order valence-corrected chi connectivity index (χ1v) is 37.2. The van der Waals surface area contributed by atoms with Gasteiger partial charge in [-0.2, -0.15) is 20.1 Å². The number of halogens is 2. The van der Waals surface area contributed by atoms with Gasteiger partial charge in [0, 0.05) is 109 Å². The number of Topliss-reactive ketones (excluding diaryl/α,β-unsaturated/α-hetero) is 1. The van der Waals surface area contributed by atoms with Gasteiger partial charge in [0.05, 0.1) is 56.6 Å². The SMILES string of the molecule is Cc1[nH]cnc1C1CCN(c2ccc(C(=O)NCCN(C)C)cc2NC(=O)C2CC2)CC1.Cc1ccc(F)cc1[C@H]1C/C(=N\N=C(N)N)c2c(C)ccnc2C1.Cc1nc2c(cc1C(=O)N=C(N)N)CCCCC2.Cn1c(C(=O)N=C(N)N)cc2ccccc21.NC(N)=NC(=O)c1cc2c(Cl)ccc3c2n1CCCC3=O. The van der Waals surface area contributed by atoms with Gasteiger partial charge in [0.1, 0.15) is 17.2 Å². The standard InChI is InChI=1S/C24H34N6O2.C18H20FN5.C14H13ClN4O2.C13H18N4O.C11H12N4O/c1-16-22(27-15-26-16)17-8-11-30(12-9-17)21-7-6-19(23(31)25-10-13-29(2)3)14-20(21)28-24(32)18-4-5-18;1-10-3-4-13(19)9-14(10)12-7-15-17(11(2)5-6-22-15)16(8-12)23-24-18(20)21;15-9-4-3-7-11(20)2-1-5-19-10(6-8(9)12(7)19)13(21)18-14(16)17;1-8-10(12(18)17-13(14)15)7-9-5-3-2-4-6-11(9)16-8;1-15-8-5-3-2-4-7(8)6-9(15)10(16)14-11(12)13/h6-7,14-15,17-18H,4-5,8-13H2,1-3H3,(H,25,31)(H,26,27)(H,28,32);3-6,9,12H,7-8H2,1-2H3,(H4,20,21,24);3-4,6H,1-2,5H2,(H4,16,17,18,21);7H,2-6H2,1H3,(H4,14,15,17,18);2-6H,1H3,(H4,12,13,14,16)/b;23-16+;;;/t;12-;;;/m.1.../s1. The van der Waals surface area contributed by atoms with Crippen molar-refractivity contribution in [2.75, 3.05) is 50.5 Å². The molecule has 2 aliphatic heterocycles. The molecule has 5 aromatic heterocycles. The first kappa shape index (κ1) is 81.3. The number of piperidine rings is 1. The van der Waals surface area contributed by atoms with Gasteiger partial charge in [0.2, 0.25) is 11.9 Å². The van der Waals surface area contributed by atoms with Crippen LogP contribution in [0.1, 0.15) is 184 Å². The van der Waals surface area contributed by atoms with E-state index in [-0.39, 0.29) is 59.1 Å². The molecule has 29 nitrogen and oxygen atoms in total. The Morgan fingerprint density at radius 3 is 2.07 bits per heavy atom. The fourth-order valence-corrected chi connectivity index (χ4v) is 14.5. The highest BCUT2D eigenvalue weighted by atomic mass is 35.5. The third-order valence-corrected chi connectivity index (χ3v) is 20.2. The van der Waals surface area contributed by atoms with Crippen molar-refractivity contribution in [2.45, 2.75) is 130 Å². The minimum Gasteiger partial charge on any atom is -0.370 e. The van der Waals surface area contributed by atoms with Crippen LogP contribution in [0.3, 0.4) is 0 Å². The fourth-order valence-electron chi connectivity index (χ4n) is 14.3. The summed E-state index contributed by atoms with van der Waals surface area (Å²) in [5.74, 6) is -1.81. The monoisotopic (exact) mass is 1530 g/mol. The van der Waals surface area contributed by atoms with Crippen LogP contribution in [0.5, 0.6) is 0 Å². The Labute approximate surface area is 647 Å². The van der Waals surface area contributed by atoms with Gasteiger partial charge >= 0.3 is 0 Å². The zero-order valence-electron chi connectivity index (χ0n) is 63.5. The predicted molar refractivity (Wildman–Crippen MR) is 434 cm³/mol. The van der Waals surface area contributed by atoms with E-state index < -0.39 is 17.7 Å². The number of hydrogen-bond donors (Lipinski definition) is 11. The first-order valence-electron chi connectivity index (χ1n) is 36.8. The van der Waals surface area contributed by atoms with Gasteiger partial charge in [-0.25, -0.2) is 9.37 Å². The number of aromatic nitrogens is 6. The second-order valence-corrected chi connectivity index (χ2v) is 28.8. The predicted octanol–water partition coefficient (Wildman–Crippen LogP) is 8.64. The van der Waals surface area contributed by atoms with Crippen LogP contribution in [0.15, 0.2) is 135 Å². The lowest BCUT2D eigenvalue weighted by Crippen LogP contribution is -2.34. The average molecular weight is 1530 g/mol. The van der Waals surface area contributed by atoms with Crippen LogP contribution in [0, 0.1) is 39.4 Å². The Morgan fingerprint density at radius 2 is 1.40 bits per heavy atom. The minimum atomic E-state index is -0.539. The van der Waals surface area contributed by atoms with Gasteiger partial charge < -0.3 is 80.4 Å². The molecule has 1 saturated heterocycles. The van der Waals surface area contributed by atoms with Gasteiger partial charge in [0.25, 0.3) is 23.6 Å². The number of aryl methyl sites for hydroxylation is 8. The zero-order valence-corrected chi connectivity index (χ0v) is 64.3. The van der Waals surface area contributed by atoms with E-state index in [9.17, 15) is 33.2 Å². The molecule has 7 heterocycles. The van der Waals surface area contributed by atoms with Crippen LogP contribution in [-0.4, -0.2) is 139 Å². The van der Waals surface area contributed by atoms with Crippen molar-refractivity contribution >= 4 is 110 Å². The van der Waals surface area contributed by atoms with E-state index in [1.165, 1.54) is 18.9 Å². The Morgan fingerprint density at radius 1 is 0.694 bits per heavy atom. The summed E-state index contributed by atoms with van der Waals surface area (Å²) in [4.78, 5) is 105. The molecular formula is C80H97ClFN23O6. The number of nitrogens with zero attached hydrogens (tertiary/aromatic N) is 12. The van der Waals surface area contributed by atoms with Crippen molar-refractivity contribution in [2.24, 2.45) is 84.0 Å². The molecule has 1 saturated carbocycles. The van der Waals surface area contributed by atoms with Crippen LogP contribution >= 0.6 is 11.6 Å². The van der Waals surface area contributed by atoms with Gasteiger partial charge in [-0.05, 0) is 213 Å². The number of H-pyrrole nitrogens is 1. The summed E-state index contributed by atoms with van der Waals surface area (Å²) in [6.07, 6.45) is 15.4. The normalized spacial score (nSPS) is 15.3. The number of hydrogen-bond acceptors (Lipinski definition) is 13. The van der Waals surface area contributed by atoms with E-state index in [4.69, 9.17) is 57.5 Å². The van der Waals surface area contributed by atoms with Crippen LogP contribution in [0.4, 0.5) is 15.8 Å². The minimum absolute atomic E-state index is 0.0503. The highest BCUT2D eigenvalue weighted by molar-refractivity contribution is 6.36. The van der Waals surface area contributed by atoms with Gasteiger partial charge in [-0.3, -0.25) is 38.7 Å². The molecule has 0 spiro atoms. The number of aliphatic imine (C=N–C) groups is 3. The van der Waals surface area contributed by atoms with Gasteiger partial charge in [-0.15, -0.1) is 5.10 Å². The Kier molecular flexibility index (Phi) is 27.0. The maximum absolute atomic E-state index is 13.7. The molecule has 19 N–H and O–H groups in total. The molecule has 111 heavy (non-hydrogen) atoms. The smallest absolute Gasteiger partial charge is 0.296 e. The van der Waals surface area contributed by atoms with E-state index in [2.05, 4.69) is 67.6 Å². The summed E-state index contributed by atoms with van der Waals surface area (Å²) in [7, 11) is 5.75. The number of carbonyl (C=O) groups is 6. The number of anilines is 2. The van der Waals surface area contributed by atoms with Crippen LogP contribution in [0.25, 0.3) is 21.8 Å². The number of rotatable bonds is 13. The molecule has 2 fully saturated rings. The number of amides is 5. The van der Waals surface area contributed by atoms with Crippen molar-refractivity contribution in [3.8, 4) is 0 Å². The number of para-hydroxylation sites is 1. The number of nitrogens with one attached hydrogen (secondary N) is 3. The van der Waals surface area contributed by atoms with Crippen LogP contribution in [0.2, 0.25) is 5.02 Å². The number of likely N-dealkylation sites (N-methyl/N-ethyl adjacent to an activating group) is 1. The molecule has 3 aliphatic carbocycles. The molecule has 5 amide bonds. The zero-order chi connectivity index (χ0) is 79.9. The average Bonchev–Trinajstić information content (AvgIpc) is 1.69. The number of aromatic amines is 1. The third-order valence-electron chi connectivity index (χ3n) is 19.9. The molecule has 582 valence electrons. The number of imidazole rings is 1. The van der Waals surface area contributed by atoms with Crippen LogP contribution in [-0.2, 0) is 37.6 Å². The van der Waals surface area contributed by atoms with Crippen molar-refractivity contribution < 1.29 is 33.2 Å². The number of carbonyl (C=O) groups excluding carboxylic acids is 6. The lowest BCUT2D eigenvalue weighted by molar-refractivity contribution is -0.117. The second kappa shape index (κ2) is 36.8. The first-order chi connectivity index (χ1) is 53.0.